The molecule has 0 fully saturated rings. The van der Waals surface area contributed by atoms with Gasteiger partial charge in [0.1, 0.15) is 11.3 Å². The molecular weight excluding hydrogens is 328 g/mol. The van der Waals surface area contributed by atoms with E-state index in [0.717, 1.165) is 6.07 Å². The molecule has 1 heterocycles. The number of carbonyl (C=O) groups excluding carboxylic acids is 1. The molecule has 25 heavy (non-hydrogen) atoms. The molecule has 0 bridgehead atoms. The molecule has 0 aliphatic carbocycles. The third-order valence-electron chi connectivity index (χ3n) is 3.40. The minimum atomic E-state index is -0.956. The van der Waals surface area contributed by atoms with Crippen molar-refractivity contribution in [1.29, 1.82) is 0 Å². The summed E-state index contributed by atoms with van der Waals surface area (Å²) in [7, 11) is 0. The molecule has 0 aliphatic heterocycles. The van der Waals surface area contributed by atoms with Crippen LogP contribution in [0.4, 0.5) is 16.2 Å². The summed E-state index contributed by atoms with van der Waals surface area (Å²) < 4.78 is 10.2. The number of para-hydroxylation sites is 1. The van der Waals surface area contributed by atoms with Gasteiger partial charge in [-0.3, -0.25) is 15.4 Å². The van der Waals surface area contributed by atoms with Crippen molar-refractivity contribution in [2.24, 2.45) is 0 Å². The summed E-state index contributed by atoms with van der Waals surface area (Å²) >= 11 is 0. The van der Waals surface area contributed by atoms with Crippen LogP contribution in [-0.4, -0.2) is 11.0 Å². The molecule has 1 amide bonds. The Morgan fingerprint density at radius 1 is 1.20 bits per heavy atom. The summed E-state index contributed by atoms with van der Waals surface area (Å²) in [5, 5.41) is 13.8. The van der Waals surface area contributed by atoms with Crippen LogP contribution in [0.3, 0.4) is 0 Å². The van der Waals surface area contributed by atoms with E-state index in [-0.39, 0.29) is 22.7 Å². The lowest BCUT2D eigenvalue weighted by molar-refractivity contribution is -0.384. The van der Waals surface area contributed by atoms with Gasteiger partial charge >= 0.3 is 11.7 Å². The Kier molecular flexibility index (Phi) is 4.17. The highest BCUT2D eigenvalue weighted by atomic mass is 16.6. The number of hydrogen-bond acceptors (Lipinski definition) is 6. The number of amides is 1. The molecule has 0 aliphatic rings. The lowest BCUT2D eigenvalue weighted by atomic mass is 10.2. The Morgan fingerprint density at radius 2 is 1.96 bits per heavy atom. The zero-order chi connectivity index (χ0) is 18.0. The molecule has 8 nitrogen and oxygen atoms in total. The van der Waals surface area contributed by atoms with Crippen LogP contribution in [0.15, 0.2) is 57.7 Å². The predicted octanol–water partition coefficient (Wildman–Crippen LogP) is 3.62. The van der Waals surface area contributed by atoms with E-state index >= 15 is 0 Å². The fraction of sp³-hybridized carbons (Fsp3) is 0.0588. The first kappa shape index (κ1) is 16.2. The van der Waals surface area contributed by atoms with E-state index in [1.165, 1.54) is 12.1 Å². The number of nitrogens with zero attached hydrogens (tertiary/aromatic N) is 1. The van der Waals surface area contributed by atoms with Gasteiger partial charge in [0, 0.05) is 6.07 Å². The van der Waals surface area contributed by atoms with Gasteiger partial charge in [0.15, 0.2) is 5.75 Å². The first-order valence-electron chi connectivity index (χ1n) is 7.21. The SMILES string of the molecule is Cc1ccc(NC(=O)Oc2cc(=O)oc3ccccc23)c([N+](=O)[O-])c1. The maximum atomic E-state index is 12.1. The van der Waals surface area contributed by atoms with Gasteiger partial charge in [0.25, 0.3) is 5.69 Å². The van der Waals surface area contributed by atoms with Gasteiger partial charge in [-0.1, -0.05) is 18.2 Å². The molecule has 1 aromatic heterocycles. The summed E-state index contributed by atoms with van der Waals surface area (Å²) in [6, 6.07) is 11.9. The lowest BCUT2D eigenvalue weighted by Crippen LogP contribution is -2.18. The van der Waals surface area contributed by atoms with Crippen molar-refractivity contribution in [3.63, 3.8) is 0 Å². The van der Waals surface area contributed by atoms with Crippen LogP contribution in [0.25, 0.3) is 11.0 Å². The van der Waals surface area contributed by atoms with Gasteiger partial charge in [0.05, 0.1) is 16.4 Å². The number of fused-ring (bicyclic) bond motifs is 1. The van der Waals surface area contributed by atoms with Crippen molar-refractivity contribution < 1.29 is 18.9 Å². The zero-order valence-corrected chi connectivity index (χ0v) is 13.0. The summed E-state index contributed by atoms with van der Waals surface area (Å²) in [6.07, 6.45) is -0.956. The smallest absolute Gasteiger partial charge is 0.417 e. The number of nitro benzene ring substituents is 1. The number of rotatable bonds is 3. The number of hydrogen-bond donors (Lipinski definition) is 1. The first-order valence-corrected chi connectivity index (χ1v) is 7.21. The number of ether oxygens (including phenoxy) is 1. The van der Waals surface area contributed by atoms with Crippen molar-refractivity contribution >= 4 is 28.4 Å². The Morgan fingerprint density at radius 3 is 2.72 bits per heavy atom. The van der Waals surface area contributed by atoms with Crippen LogP contribution in [0.5, 0.6) is 5.75 Å². The summed E-state index contributed by atoms with van der Waals surface area (Å²) in [5.74, 6) is -0.000820. The van der Waals surface area contributed by atoms with Crippen molar-refractivity contribution in [1.82, 2.24) is 0 Å². The van der Waals surface area contributed by atoms with Gasteiger partial charge < -0.3 is 9.15 Å². The fourth-order valence-electron chi connectivity index (χ4n) is 2.30. The molecule has 0 radical (unpaired) electrons. The maximum absolute atomic E-state index is 12.1. The van der Waals surface area contributed by atoms with E-state index in [1.807, 2.05) is 0 Å². The third-order valence-corrected chi connectivity index (χ3v) is 3.40. The number of benzene rings is 2. The Hall–Kier alpha value is -3.68. The second-order valence-electron chi connectivity index (χ2n) is 5.22. The zero-order valence-electron chi connectivity index (χ0n) is 13.0. The predicted molar refractivity (Wildman–Crippen MR) is 90.0 cm³/mol. The molecule has 0 spiro atoms. The number of nitrogens with one attached hydrogen (secondary N) is 1. The highest BCUT2D eigenvalue weighted by Gasteiger charge is 2.18. The molecule has 126 valence electrons. The number of carbonyl (C=O) groups is 1. The van der Waals surface area contributed by atoms with Gasteiger partial charge in [-0.15, -0.1) is 0 Å². The lowest BCUT2D eigenvalue weighted by Gasteiger charge is -2.09. The van der Waals surface area contributed by atoms with E-state index in [4.69, 9.17) is 9.15 Å². The fourth-order valence-corrected chi connectivity index (χ4v) is 2.30. The van der Waals surface area contributed by atoms with Gasteiger partial charge in [-0.05, 0) is 30.7 Å². The largest absolute Gasteiger partial charge is 0.422 e. The first-order chi connectivity index (χ1) is 11.9. The molecule has 3 aromatic rings. The summed E-state index contributed by atoms with van der Waals surface area (Å²) in [6.45, 7) is 1.70. The quantitative estimate of drug-likeness (QED) is 0.443. The number of anilines is 1. The number of nitro groups is 1. The third kappa shape index (κ3) is 3.47. The average Bonchev–Trinajstić information content (AvgIpc) is 2.56. The van der Waals surface area contributed by atoms with Crippen molar-refractivity contribution in [2.75, 3.05) is 5.32 Å². The Labute approximate surface area is 140 Å². The Balaban J connectivity index is 1.90. The molecule has 3 rings (SSSR count). The molecule has 1 N–H and O–H groups in total. The van der Waals surface area contributed by atoms with Crippen molar-refractivity contribution in [2.45, 2.75) is 6.92 Å². The van der Waals surface area contributed by atoms with Crippen LogP contribution >= 0.6 is 0 Å². The van der Waals surface area contributed by atoms with Crippen LogP contribution in [0.2, 0.25) is 0 Å². The van der Waals surface area contributed by atoms with Crippen molar-refractivity contribution in [3.8, 4) is 5.75 Å². The topological polar surface area (TPSA) is 112 Å². The molecule has 2 aromatic carbocycles. The van der Waals surface area contributed by atoms with E-state index in [0.29, 0.717) is 10.9 Å². The molecule has 0 unspecified atom stereocenters. The standard InChI is InChI=1S/C17H12N2O6/c1-10-6-7-12(13(8-10)19(22)23)18-17(21)25-15-9-16(20)24-14-5-3-2-4-11(14)15/h2-9H,1H3,(H,18,21). The molecule has 0 atom stereocenters. The summed E-state index contributed by atoms with van der Waals surface area (Å²) in [4.78, 5) is 34.2. The van der Waals surface area contributed by atoms with Gasteiger partial charge in [-0.25, -0.2) is 9.59 Å². The van der Waals surface area contributed by atoms with Crippen LogP contribution in [-0.2, 0) is 0 Å². The average molecular weight is 340 g/mol. The van der Waals surface area contributed by atoms with Crippen LogP contribution < -0.4 is 15.7 Å². The van der Waals surface area contributed by atoms with Gasteiger partial charge in [-0.2, -0.15) is 0 Å². The van der Waals surface area contributed by atoms with Crippen molar-refractivity contribution in [3.05, 3.63) is 74.6 Å². The van der Waals surface area contributed by atoms with E-state index in [1.54, 1.807) is 37.3 Å². The molecule has 0 saturated carbocycles. The van der Waals surface area contributed by atoms with E-state index < -0.39 is 16.6 Å². The molecule has 8 heteroatoms. The second kappa shape index (κ2) is 6.44. The highest BCUT2D eigenvalue weighted by molar-refractivity contribution is 5.92. The second-order valence-corrected chi connectivity index (χ2v) is 5.22. The highest BCUT2D eigenvalue weighted by Crippen LogP contribution is 2.27. The summed E-state index contributed by atoms with van der Waals surface area (Å²) in [5.41, 5.74) is 0.00136. The Bertz CT molecular complexity index is 1040. The van der Waals surface area contributed by atoms with E-state index in [2.05, 4.69) is 5.32 Å². The number of aryl methyl sites for hydroxylation is 1. The monoisotopic (exact) mass is 340 g/mol. The van der Waals surface area contributed by atoms with Crippen LogP contribution in [0.1, 0.15) is 5.56 Å². The molecular formula is C17H12N2O6. The van der Waals surface area contributed by atoms with E-state index in [9.17, 15) is 19.7 Å². The van der Waals surface area contributed by atoms with Crippen LogP contribution in [0, 0.1) is 17.0 Å². The molecule has 0 saturated heterocycles. The normalized spacial score (nSPS) is 10.4. The minimum Gasteiger partial charge on any atom is -0.422 e. The maximum Gasteiger partial charge on any atom is 0.417 e. The van der Waals surface area contributed by atoms with Gasteiger partial charge in [0.2, 0.25) is 0 Å². The minimum absolute atomic E-state index is 0.000820.